The van der Waals surface area contributed by atoms with E-state index in [9.17, 15) is 4.79 Å². The van der Waals surface area contributed by atoms with E-state index in [1.165, 1.54) is 4.68 Å². The van der Waals surface area contributed by atoms with E-state index in [2.05, 4.69) is 10.1 Å². The maximum Gasteiger partial charge on any atom is 0.275 e. The summed E-state index contributed by atoms with van der Waals surface area (Å²) < 4.78 is 1.44. The molecule has 14 heavy (non-hydrogen) atoms. The van der Waals surface area contributed by atoms with Crippen LogP contribution in [0.4, 0.5) is 0 Å². The van der Waals surface area contributed by atoms with Crippen LogP contribution in [0.2, 0.25) is 0 Å². The summed E-state index contributed by atoms with van der Waals surface area (Å²) in [7, 11) is 0. The summed E-state index contributed by atoms with van der Waals surface area (Å²) >= 11 is 0. The van der Waals surface area contributed by atoms with Gasteiger partial charge in [0.05, 0.1) is 0 Å². The zero-order valence-corrected chi connectivity index (χ0v) is 7.90. The first-order valence-electron chi connectivity index (χ1n) is 4.53. The van der Waals surface area contributed by atoms with Crippen LogP contribution in [0, 0.1) is 0 Å². The lowest BCUT2D eigenvalue weighted by molar-refractivity contribution is 0.816. The Labute approximate surface area is 81.2 Å². The number of nitrogens with one attached hydrogen (secondary N) is 1. The van der Waals surface area contributed by atoms with Crippen molar-refractivity contribution in [2.24, 2.45) is 0 Å². The molecule has 4 heteroatoms. The van der Waals surface area contributed by atoms with Crippen LogP contribution < -0.4 is 5.56 Å². The Morgan fingerprint density at radius 3 is 2.93 bits per heavy atom. The summed E-state index contributed by atoms with van der Waals surface area (Å²) in [6.07, 6.45) is 4.11. The predicted molar refractivity (Wildman–Crippen MR) is 53.6 cm³/mol. The molecule has 2 aromatic rings. The Bertz CT molecular complexity index is 470. The molecule has 4 nitrogen and oxygen atoms in total. The molecular formula is C10H11N3O. The second-order valence-corrected chi connectivity index (χ2v) is 2.98. The minimum atomic E-state index is -0.0220. The molecule has 0 atom stereocenters. The van der Waals surface area contributed by atoms with Gasteiger partial charge in [0.15, 0.2) is 5.82 Å². The Balaban J connectivity index is 2.53. The van der Waals surface area contributed by atoms with Gasteiger partial charge in [0.1, 0.15) is 0 Å². The molecule has 0 unspecified atom stereocenters. The Morgan fingerprint density at radius 2 is 2.36 bits per heavy atom. The second-order valence-electron chi connectivity index (χ2n) is 2.98. The largest absolute Gasteiger partial charge is 0.297 e. The van der Waals surface area contributed by atoms with E-state index in [0.717, 1.165) is 12.0 Å². The second kappa shape index (κ2) is 3.49. The van der Waals surface area contributed by atoms with Gasteiger partial charge in [-0.25, -0.2) is 9.67 Å². The highest BCUT2D eigenvalue weighted by molar-refractivity contribution is 5.22. The molecule has 0 saturated carbocycles. The highest BCUT2D eigenvalue weighted by Gasteiger charge is 2.05. The standard InChI is InChI=1S/C10H11N3O/c1-2-8-7-12-13(10(8)14)9-5-3-4-6-11-9/h3-7,12H,2H2,1H3. The molecule has 0 aliphatic heterocycles. The molecule has 0 aromatic carbocycles. The van der Waals surface area contributed by atoms with E-state index in [-0.39, 0.29) is 5.56 Å². The first kappa shape index (κ1) is 8.74. The van der Waals surface area contributed by atoms with Crippen molar-refractivity contribution in [3.05, 3.63) is 46.5 Å². The normalized spacial score (nSPS) is 10.4. The average molecular weight is 189 g/mol. The highest BCUT2D eigenvalue weighted by atomic mass is 16.1. The number of rotatable bonds is 2. The number of aryl methyl sites for hydroxylation is 1. The van der Waals surface area contributed by atoms with E-state index in [0.29, 0.717) is 5.82 Å². The van der Waals surface area contributed by atoms with Gasteiger partial charge in [-0.05, 0) is 18.6 Å². The lowest BCUT2D eigenvalue weighted by Crippen LogP contribution is -2.17. The van der Waals surface area contributed by atoms with Crippen LogP contribution in [0.25, 0.3) is 5.82 Å². The lowest BCUT2D eigenvalue weighted by atomic mass is 10.3. The zero-order valence-electron chi connectivity index (χ0n) is 7.90. The van der Waals surface area contributed by atoms with Crippen LogP contribution >= 0.6 is 0 Å². The number of pyridine rings is 1. The van der Waals surface area contributed by atoms with Gasteiger partial charge < -0.3 is 0 Å². The monoisotopic (exact) mass is 189 g/mol. The van der Waals surface area contributed by atoms with E-state index >= 15 is 0 Å². The van der Waals surface area contributed by atoms with Gasteiger partial charge in [0.25, 0.3) is 5.56 Å². The van der Waals surface area contributed by atoms with Crippen molar-refractivity contribution in [3.8, 4) is 5.82 Å². The first-order chi connectivity index (χ1) is 6.83. The summed E-state index contributed by atoms with van der Waals surface area (Å²) in [5.41, 5.74) is 0.752. The highest BCUT2D eigenvalue weighted by Crippen LogP contribution is 1.99. The van der Waals surface area contributed by atoms with Gasteiger partial charge in [-0.15, -0.1) is 0 Å². The fourth-order valence-corrected chi connectivity index (χ4v) is 1.32. The molecule has 0 bridgehead atoms. The van der Waals surface area contributed by atoms with Crippen molar-refractivity contribution in [1.29, 1.82) is 0 Å². The Morgan fingerprint density at radius 1 is 1.50 bits per heavy atom. The maximum absolute atomic E-state index is 11.7. The molecule has 1 N–H and O–H groups in total. The number of aromatic nitrogens is 3. The Kier molecular flexibility index (Phi) is 2.18. The number of H-pyrrole nitrogens is 1. The van der Waals surface area contributed by atoms with Crippen molar-refractivity contribution in [3.63, 3.8) is 0 Å². The number of aromatic amines is 1. The van der Waals surface area contributed by atoms with Crippen molar-refractivity contribution in [2.45, 2.75) is 13.3 Å². The molecule has 72 valence electrons. The third kappa shape index (κ3) is 1.35. The van der Waals surface area contributed by atoms with Crippen molar-refractivity contribution in [1.82, 2.24) is 14.8 Å². The van der Waals surface area contributed by atoms with Crippen LogP contribution in [0.1, 0.15) is 12.5 Å². The molecule has 0 spiro atoms. The third-order valence-electron chi connectivity index (χ3n) is 2.10. The number of nitrogens with zero attached hydrogens (tertiary/aromatic N) is 2. The van der Waals surface area contributed by atoms with Gasteiger partial charge in [-0.2, -0.15) is 0 Å². The van der Waals surface area contributed by atoms with Crippen LogP contribution in [-0.2, 0) is 6.42 Å². The summed E-state index contributed by atoms with van der Waals surface area (Å²) in [6.45, 7) is 1.95. The third-order valence-corrected chi connectivity index (χ3v) is 2.10. The van der Waals surface area contributed by atoms with E-state index in [1.54, 1.807) is 18.5 Å². The summed E-state index contributed by atoms with van der Waals surface area (Å²) in [5, 5.41) is 2.88. The molecular weight excluding hydrogens is 178 g/mol. The quantitative estimate of drug-likeness (QED) is 0.769. The van der Waals surface area contributed by atoms with Crippen LogP contribution in [0.15, 0.2) is 35.4 Å². The van der Waals surface area contributed by atoms with Crippen LogP contribution in [0.5, 0.6) is 0 Å². The molecule has 0 amide bonds. The molecule has 2 rings (SSSR count). The molecule has 0 aliphatic rings. The fourth-order valence-electron chi connectivity index (χ4n) is 1.32. The van der Waals surface area contributed by atoms with Gasteiger partial charge in [0.2, 0.25) is 0 Å². The molecule has 0 saturated heterocycles. The lowest BCUT2D eigenvalue weighted by Gasteiger charge is -1.97. The molecule has 0 aliphatic carbocycles. The molecule has 0 fully saturated rings. The van der Waals surface area contributed by atoms with E-state index < -0.39 is 0 Å². The number of hydrogen-bond acceptors (Lipinski definition) is 2. The van der Waals surface area contributed by atoms with E-state index in [4.69, 9.17) is 0 Å². The van der Waals surface area contributed by atoms with Gasteiger partial charge in [0, 0.05) is 18.0 Å². The maximum atomic E-state index is 11.7. The fraction of sp³-hybridized carbons (Fsp3) is 0.200. The van der Waals surface area contributed by atoms with E-state index in [1.807, 2.05) is 19.1 Å². The summed E-state index contributed by atoms with van der Waals surface area (Å²) in [5.74, 6) is 0.622. The minimum absolute atomic E-state index is 0.0220. The summed E-state index contributed by atoms with van der Waals surface area (Å²) in [6, 6.07) is 5.46. The van der Waals surface area contributed by atoms with Crippen molar-refractivity contribution < 1.29 is 0 Å². The topological polar surface area (TPSA) is 50.7 Å². The number of hydrogen-bond donors (Lipinski definition) is 1. The van der Waals surface area contributed by atoms with Crippen molar-refractivity contribution >= 4 is 0 Å². The van der Waals surface area contributed by atoms with Gasteiger partial charge >= 0.3 is 0 Å². The molecule has 0 radical (unpaired) electrons. The van der Waals surface area contributed by atoms with Crippen LogP contribution in [-0.4, -0.2) is 14.8 Å². The minimum Gasteiger partial charge on any atom is -0.297 e. The van der Waals surface area contributed by atoms with Crippen LogP contribution in [0.3, 0.4) is 0 Å². The first-order valence-corrected chi connectivity index (χ1v) is 4.53. The molecule has 2 aromatic heterocycles. The van der Waals surface area contributed by atoms with Gasteiger partial charge in [-0.1, -0.05) is 13.0 Å². The summed E-state index contributed by atoms with van der Waals surface area (Å²) in [4.78, 5) is 15.8. The van der Waals surface area contributed by atoms with Crippen molar-refractivity contribution in [2.75, 3.05) is 0 Å². The zero-order chi connectivity index (χ0) is 9.97. The predicted octanol–water partition coefficient (Wildman–Crippen LogP) is 1.12. The van der Waals surface area contributed by atoms with Gasteiger partial charge in [-0.3, -0.25) is 9.89 Å². The molecule has 2 heterocycles. The Hall–Kier alpha value is -1.84. The SMILES string of the molecule is CCc1c[nH]n(-c2ccccn2)c1=O. The average Bonchev–Trinajstić information content (AvgIpc) is 2.61. The smallest absolute Gasteiger partial charge is 0.275 e.